The molecule has 2 aromatic carbocycles. The first-order chi connectivity index (χ1) is 11.8. The van der Waals surface area contributed by atoms with E-state index >= 15 is 0 Å². The first-order valence-electron chi connectivity index (χ1n) is 7.48. The normalized spacial score (nSPS) is 12.0. The molecule has 2 rings (SSSR count). The lowest BCUT2D eigenvalue weighted by Crippen LogP contribution is -2.32. The van der Waals surface area contributed by atoms with Gasteiger partial charge in [0.15, 0.2) is 0 Å². The van der Waals surface area contributed by atoms with Crippen LogP contribution in [-0.2, 0) is 4.79 Å². The number of amides is 1. The molecule has 0 saturated heterocycles. The number of benzene rings is 2. The summed E-state index contributed by atoms with van der Waals surface area (Å²) >= 11 is 12.0. The van der Waals surface area contributed by atoms with Crippen LogP contribution in [-0.4, -0.2) is 29.3 Å². The molecule has 0 aliphatic heterocycles. The Morgan fingerprint density at radius 3 is 2.60 bits per heavy atom. The van der Waals surface area contributed by atoms with Crippen molar-refractivity contribution in [3.8, 4) is 0 Å². The Labute approximate surface area is 155 Å². The monoisotopic (exact) mass is 381 g/mol. The standard InChI is InChI=1S/C17H17Cl2N3O3/c1-11(13-5-3-4-6-14(13)19)21(2)10-17(23)20-15-8-7-12(18)9-16(15)22(24)25/h3-9,11H,10H2,1-2H3,(H,20,23). The highest BCUT2D eigenvalue weighted by atomic mass is 35.5. The molecule has 0 heterocycles. The molecule has 6 nitrogen and oxygen atoms in total. The molecule has 132 valence electrons. The Balaban J connectivity index is 2.08. The summed E-state index contributed by atoms with van der Waals surface area (Å²) in [7, 11) is 1.78. The average Bonchev–Trinajstić information content (AvgIpc) is 2.56. The lowest BCUT2D eigenvalue weighted by molar-refractivity contribution is -0.383. The fraction of sp³-hybridized carbons (Fsp3) is 0.235. The number of hydrogen-bond acceptors (Lipinski definition) is 4. The first-order valence-corrected chi connectivity index (χ1v) is 8.23. The van der Waals surface area contributed by atoms with Gasteiger partial charge in [0.1, 0.15) is 5.69 Å². The van der Waals surface area contributed by atoms with E-state index in [4.69, 9.17) is 23.2 Å². The van der Waals surface area contributed by atoms with E-state index in [1.165, 1.54) is 18.2 Å². The van der Waals surface area contributed by atoms with Gasteiger partial charge in [-0.2, -0.15) is 0 Å². The van der Waals surface area contributed by atoms with E-state index in [0.717, 1.165) is 5.56 Å². The zero-order valence-corrected chi connectivity index (χ0v) is 15.2. The van der Waals surface area contributed by atoms with Crippen molar-refractivity contribution in [2.45, 2.75) is 13.0 Å². The summed E-state index contributed by atoms with van der Waals surface area (Å²) < 4.78 is 0. The number of anilines is 1. The predicted molar refractivity (Wildman–Crippen MR) is 99.2 cm³/mol. The first kappa shape index (κ1) is 19.2. The Hall–Kier alpha value is -2.15. The molecule has 1 atom stereocenters. The Kier molecular flexibility index (Phi) is 6.36. The van der Waals surface area contributed by atoms with E-state index in [1.807, 2.05) is 25.1 Å². The summed E-state index contributed by atoms with van der Waals surface area (Å²) in [5.74, 6) is -0.369. The third kappa shape index (κ3) is 4.92. The minimum Gasteiger partial charge on any atom is -0.319 e. The molecular formula is C17H17Cl2N3O3. The zero-order valence-electron chi connectivity index (χ0n) is 13.7. The highest BCUT2D eigenvalue weighted by Crippen LogP contribution is 2.28. The number of likely N-dealkylation sites (N-methyl/N-ethyl adjacent to an activating group) is 1. The molecule has 0 fully saturated rings. The number of nitrogens with zero attached hydrogens (tertiary/aromatic N) is 2. The van der Waals surface area contributed by atoms with Gasteiger partial charge >= 0.3 is 0 Å². The largest absolute Gasteiger partial charge is 0.319 e. The summed E-state index contributed by atoms with van der Waals surface area (Å²) in [6, 6.07) is 11.4. The molecule has 0 bridgehead atoms. The van der Waals surface area contributed by atoms with E-state index in [-0.39, 0.29) is 34.9 Å². The van der Waals surface area contributed by atoms with Gasteiger partial charge in [0, 0.05) is 22.2 Å². The lowest BCUT2D eigenvalue weighted by Gasteiger charge is -2.25. The molecule has 1 unspecified atom stereocenters. The van der Waals surface area contributed by atoms with Gasteiger partial charge in [-0.05, 0) is 37.7 Å². The van der Waals surface area contributed by atoms with Crippen LogP contribution in [0.5, 0.6) is 0 Å². The van der Waals surface area contributed by atoms with Gasteiger partial charge in [-0.1, -0.05) is 41.4 Å². The van der Waals surface area contributed by atoms with Crippen LogP contribution in [0, 0.1) is 10.1 Å². The van der Waals surface area contributed by atoms with Crippen LogP contribution < -0.4 is 5.32 Å². The topological polar surface area (TPSA) is 75.5 Å². The Morgan fingerprint density at radius 1 is 1.28 bits per heavy atom. The van der Waals surface area contributed by atoms with Crippen molar-refractivity contribution in [3.05, 3.63) is 68.2 Å². The second-order valence-corrected chi connectivity index (χ2v) is 6.42. The molecule has 0 aromatic heterocycles. The van der Waals surface area contributed by atoms with Crippen molar-refractivity contribution < 1.29 is 9.72 Å². The molecule has 0 aliphatic rings. The number of hydrogen-bond donors (Lipinski definition) is 1. The minimum atomic E-state index is -0.586. The van der Waals surface area contributed by atoms with Gasteiger partial charge < -0.3 is 5.32 Å². The molecule has 1 N–H and O–H groups in total. The summed E-state index contributed by atoms with van der Waals surface area (Å²) in [5.41, 5.74) is 0.762. The van der Waals surface area contributed by atoms with E-state index < -0.39 is 4.92 Å². The fourth-order valence-electron chi connectivity index (χ4n) is 2.37. The van der Waals surface area contributed by atoms with Gasteiger partial charge in [-0.25, -0.2) is 0 Å². The maximum Gasteiger partial charge on any atom is 0.294 e. The highest BCUT2D eigenvalue weighted by molar-refractivity contribution is 6.31. The van der Waals surface area contributed by atoms with Crippen LogP contribution in [0.4, 0.5) is 11.4 Å². The summed E-state index contributed by atoms with van der Waals surface area (Å²) in [5, 5.41) is 14.5. The highest BCUT2D eigenvalue weighted by Gasteiger charge is 2.20. The molecule has 0 saturated carbocycles. The molecule has 0 aliphatic carbocycles. The van der Waals surface area contributed by atoms with Crippen LogP contribution in [0.3, 0.4) is 0 Å². The van der Waals surface area contributed by atoms with Crippen molar-refractivity contribution in [2.24, 2.45) is 0 Å². The summed E-state index contributed by atoms with van der Waals surface area (Å²) in [6.07, 6.45) is 0. The van der Waals surface area contributed by atoms with Crippen molar-refractivity contribution in [1.82, 2.24) is 4.90 Å². The van der Waals surface area contributed by atoms with Crippen LogP contribution >= 0.6 is 23.2 Å². The average molecular weight is 382 g/mol. The van der Waals surface area contributed by atoms with Gasteiger partial charge in [-0.15, -0.1) is 0 Å². The van der Waals surface area contributed by atoms with Crippen LogP contribution in [0.2, 0.25) is 10.0 Å². The summed E-state index contributed by atoms with van der Waals surface area (Å²) in [4.78, 5) is 24.6. The predicted octanol–water partition coefficient (Wildman–Crippen LogP) is 4.53. The molecule has 0 radical (unpaired) electrons. The second-order valence-electron chi connectivity index (χ2n) is 5.58. The zero-order chi connectivity index (χ0) is 18.6. The number of carbonyl (C=O) groups is 1. The second kappa shape index (κ2) is 8.29. The number of halogens is 2. The molecule has 0 spiro atoms. The number of nitrogens with one attached hydrogen (secondary N) is 1. The Bertz CT molecular complexity index is 798. The summed E-state index contributed by atoms with van der Waals surface area (Å²) in [6.45, 7) is 1.98. The van der Waals surface area contributed by atoms with Gasteiger partial charge in [0.2, 0.25) is 5.91 Å². The number of nitro groups is 1. The van der Waals surface area contributed by atoms with Crippen LogP contribution in [0.15, 0.2) is 42.5 Å². The van der Waals surface area contributed by atoms with E-state index in [1.54, 1.807) is 18.0 Å². The van der Waals surface area contributed by atoms with E-state index in [0.29, 0.717) is 5.02 Å². The van der Waals surface area contributed by atoms with Crippen molar-refractivity contribution >= 4 is 40.5 Å². The van der Waals surface area contributed by atoms with E-state index in [9.17, 15) is 14.9 Å². The lowest BCUT2D eigenvalue weighted by atomic mass is 10.1. The molecule has 25 heavy (non-hydrogen) atoms. The third-order valence-electron chi connectivity index (χ3n) is 3.84. The maximum absolute atomic E-state index is 12.3. The molecule has 1 amide bonds. The molecular weight excluding hydrogens is 365 g/mol. The third-order valence-corrected chi connectivity index (χ3v) is 4.42. The minimum absolute atomic E-state index is 0.0478. The smallest absolute Gasteiger partial charge is 0.294 e. The van der Waals surface area contributed by atoms with Gasteiger partial charge in [-0.3, -0.25) is 19.8 Å². The van der Waals surface area contributed by atoms with E-state index in [2.05, 4.69) is 5.32 Å². The van der Waals surface area contributed by atoms with Crippen LogP contribution in [0.1, 0.15) is 18.5 Å². The fourth-order valence-corrected chi connectivity index (χ4v) is 2.83. The number of rotatable bonds is 6. The number of nitro benzene ring substituents is 1. The van der Waals surface area contributed by atoms with Gasteiger partial charge in [0.05, 0.1) is 11.5 Å². The van der Waals surface area contributed by atoms with Gasteiger partial charge in [0.25, 0.3) is 5.69 Å². The van der Waals surface area contributed by atoms with Crippen LogP contribution in [0.25, 0.3) is 0 Å². The maximum atomic E-state index is 12.3. The number of carbonyl (C=O) groups excluding carboxylic acids is 1. The SMILES string of the molecule is CC(c1ccccc1Cl)N(C)CC(=O)Nc1ccc(Cl)cc1[N+](=O)[O-]. The quantitative estimate of drug-likeness (QED) is 0.588. The molecule has 8 heteroatoms. The molecule has 2 aromatic rings. The van der Waals surface area contributed by atoms with Crippen molar-refractivity contribution in [1.29, 1.82) is 0 Å². The van der Waals surface area contributed by atoms with Crippen molar-refractivity contribution in [3.63, 3.8) is 0 Å². The Morgan fingerprint density at radius 2 is 1.96 bits per heavy atom. The van der Waals surface area contributed by atoms with Crippen molar-refractivity contribution in [2.75, 3.05) is 18.9 Å².